The van der Waals surface area contributed by atoms with Crippen LogP contribution in [0.5, 0.6) is 5.75 Å². The lowest BCUT2D eigenvalue weighted by Gasteiger charge is -2.26. The molecule has 1 heterocycles. The Morgan fingerprint density at radius 3 is 2.70 bits per heavy atom. The zero-order valence-corrected chi connectivity index (χ0v) is 11.7. The first kappa shape index (κ1) is 14.3. The lowest BCUT2D eigenvalue weighted by molar-refractivity contribution is 0.0909. The molecule has 0 saturated heterocycles. The Bertz CT molecular complexity index is 514. The topological polar surface area (TPSA) is 75.0 Å². The van der Waals surface area contributed by atoms with Crippen LogP contribution >= 0.6 is 0 Å². The maximum Gasteiger partial charge on any atom is 0.256 e. The largest absolute Gasteiger partial charge is 0.494 e. The summed E-state index contributed by atoms with van der Waals surface area (Å²) in [5.41, 5.74) is -0.330. The second-order valence-electron chi connectivity index (χ2n) is 5.14. The summed E-state index contributed by atoms with van der Waals surface area (Å²) in [6, 6.07) is 3.91. The van der Waals surface area contributed by atoms with Gasteiger partial charge in [-0.05, 0) is 18.9 Å². The van der Waals surface area contributed by atoms with Crippen molar-refractivity contribution in [1.29, 1.82) is 5.26 Å². The van der Waals surface area contributed by atoms with E-state index in [2.05, 4.69) is 16.4 Å². The van der Waals surface area contributed by atoms with Gasteiger partial charge in [0.1, 0.15) is 11.3 Å². The Morgan fingerprint density at radius 2 is 2.10 bits per heavy atom. The molecule has 0 spiro atoms. The number of amides is 1. The van der Waals surface area contributed by atoms with Gasteiger partial charge in [-0.3, -0.25) is 9.78 Å². The van der Waals surface area contributed by atoms with E-state index in [-0.39, 0.29) is 5.91 Å². The van der Waals surface area contributed by atoms with Crippen LogP contribution in [0.1, 0.15) is 48.9 Å². The molecule has 1 saturated carbocycles. The van der Waals surface area contributed by atoms with Crippen molar-refractivity contribution in [2.24, 2.45) is 0 Å². The molecule has 1 aromatic heterocycles. The summed E-state index contributed by atoms with van der Waals surface area (Å²) in [5.74, 6) is 0.152. The van der Waals surface area contributed by atoms with Crippen LogP contribution in [0.3, 0.4) is 0 Å². The zero-order chi connectivity index (χ0) is 14.4. The Labute approximate surface area is 119 Å². The van der Waals surface area contributed by atoms with Gasteiger partial charge < -0.3 is 10.1 Å². The molecule has 0 aliphatic heterocycles. The summed E-state index contributed by atoms with van der Waals surface area (Å²) in [7, 11) is 1.50. The van der Waals surface area contributed by atoms with Crippen molar-refractivity contribution < 1.29 is 9.53 Å². The summed E-state index contributed by atoms with van der Waals surface area (Å²) in [6.07, 6.45) is 8.66. The molecule has 20 heavy (non-hydrogen) atoms. The number of carbonyl (C=O) groups is 1. The van der Waals surface area contributed by atoms with E-state index in [0.29, 0.717) is 24.2 Å². The molecular weight excluding hydrogens is 254 g/mol. The molecule has 106 valence electrons. The van der Waals surface area contributed by atoms with Crippen molar-refractivity contribution in [1.82, 2.24) is 10.3 Å². The van der Waals surface area contributed by atoms with Gasteiger partial charge in [-0.2, -0.15) is 5.26 Å². The zero-order valence-electron chi connectivity index (χ0n) is 11.7. The first-order chi connectivity index (χ1) is 9.71. The predicted molar refractivity (Wildman–Crippen MR) is 74.3 cm³/mol. The molecule has 5 nitrogen and oxygen atoms in total. The number of ether oxygens (including phenoxy) is 1. The molecule has 1 fully saturated rings. The highest BCUT2D eigenvalue weighted by atomic mass is 16.5. The summed E-state index contributed by atoms with van der Waals surface area (Å²) in [4.78, 5) is 16.3. The minimum Gasteiger partial charge on any atom is -0.494 e. The fourth-order valence-electron chi connectivity index (χ4n) is 2.61. The van der Waals surface area contributed by atoms with Crippen LogP contribution in [-0.4, -0.2) is 23.5 Å². The molecule has 1 aliphatic carbocycles. The van der Waals surface area contributed by atoms with Gasteiger partial charge in [-0.1, -0.05) is 25.7 Å². The number of methoxy groups -OCH3 is 1. The van der Waals surface area contributed by atoms with E-state index < -0.39 is 5.54 Å². The lowest BCUT2D eigenvalue weighted by Crippen LogP contribution is -2.47. The molecule has 0 bridgehead atoms. The minimum absolute atomic E-state index is 0.271. The van der Waals surface area contributed by atoms with Crippen LogP contribution in [0, 0.1) is 11.3 Å². The molecule has 0 atom stereocenters. The Hall–Kier alpha value is -2.09. The number of hydrogen-bond donors (Lipinski definition) is 1. The highest BCUT2D eigenvalue weighted by Gasteiger charge is 2.33. The predicted octanol–water partition coefficient (Wildman–Crippen LogP) is 2.44. The van der Waals surface area contributed by atoms with Gasteiger partial charge in [0.15, 0.2) is 0 Å². The average molecular weight is 273 g/mol. The Balaban J connectivity index is 2.19. The molecule has 5 heteroatoms. The molecule has 1 aromatic rings. The fourth-order valence-corrected chi connectivity index (χ4v) is 2.61. The standard InChI is InChI=1S/C15H19N3O2/c1-20-13-10-17-9-6-12(13)14(19)18-15(11-16)7-4-2-3-5-8-15/h6,9-10H,2-5,7-8H2,1H3,(H,18,19). The number of hydrogen-bond acceptors (Lipinski definition) is 4. The Morgan fingerprint density at radius 1 is 1.40 bits per heavy atom. The number of nitrogens with zero attached hydrogens (tertiary/aromatic N) is 2. The number of nitriles is 1. The smallest absolute Gasteiger partial charge is 0.256 e. The molecule has 1 amide bonds. The van der Waals surface area contributed by atoms with Gasteiger partial charge in [0.25, 0.3) is 5.91 Å². The van der Waals surface area contributed by atoms with Crippen molar-refractivity contribution in [3.63, 3.8) is 0 Å². The van der Waals surface area contributed by atoms with Gasteiger partial charge in [0, 0.05) is 6.20 Å². The maximum absolute atomic E-state index is 12.4. The Kier molecular flexibility index (Phi) is 4.57. The summed E-state index contributed by atoms with van der Waals surface area (Å²) in [5, 5.41) is 12.4. The van der Waals surface area contributed by atoms with Gasteiger partial charge in [-0.25, -0.2) is 0 Å². The number of nitrogens with one attached hydrogen (secondary N) is 1. The van der Waals surface area contributed by atoms with Crippen molar-refractivity contribution in [3.8, 4) is 11.8 Å². The molecular formula is C15H19N3O2. The number of pyridine rings is 1. The van der Waals surface area contributed by atoms with Crippen molar-refractivity contribution in [2.45, 2.75) is 44.1 Å². The van der Waals surface area contributed by atoms with Crippen LogP contribution in [0.4, 0.5) is 0 Å². The minimum atomic E-state index is -0.748. The van der Waals surface area contributed by atoms with Gasteiger partial charge >= 0.3 is 0 Å². The van der Waals surface area contributed by atoms with Crippen molar-refractivity contribution >= 4 is 5.91 Å². The molecule has 1 aliphatic rings. The SMILES string of the molecule is COc1cnccc1C(=O)NC1(C#N)CCCCCC1. The van der Waals surface area contributed by atoms with Crippen LogP contribution in [0.15, 0.2) is 18.5 Å². The van der Waals surface area contributed by atoms with E-state index in [0.717, 1.165) is 25.7 Å². The summed E-state index contributed by atoms with van der Waals surface area (Å²) >= 11 is 0. The highest BCUT2D eigenvalue weighted by molar-refractivity contribution is 5.97. The quantitative estimate of drug-likeness (QED) is 0.858. The number of carbonyl (C=O) groups excluding carboxylic acids is 1. The van der Waals surface area contributed by atoms with Crippen LogP contribution in [0.25, 0.3) is 0 Å². The molecule has 1 N–H and O–H groups in total. The van der Waals surface area contributed by atoms with E-state index in [9.17, 15) is 10.1 Å². The second-order valence-corrected chi connectivity index (χ2v) is 5.14. The number of aromatic nitrogens is 1. The van der Waals surface area contributed by atoms with E-state index in [1.165, 1.54) is 13.3 Å². The van der Waals surface area contributed by atoms with E-state index in [1.54, 1.807) is 12.3 Å². The second kappa shape index (κ2) is 6.38. The molecule has 0 radical (unpaired) electrons. The van der Waals surface area contributed by atoms with Gasteiger partial charge in [-0.15, -0.1) is 0 Å². The molecule has 0 aromatic carbocycles. The normalized spacial score (nSPS) is 17.6. The van der Waals surface area contributed by atoms with Crippen molar-refractivity contribution in [3.05, 3.63) is 24.0 Å². The van der Waals surface area contributed by atoms with E-state index in [4.69, 9.17) is 4.74 Å². The van der Waals surface area contributed by atoms with Crippen molar-refractivity contribution in [2.75, 3.05) is 7.11 Å². The molecule has 2 rings (SSSR count). The average Bonchev–Trinajstić information content (AvgIpc) is 2.73. The fraction of sp³-hybridized carbons (Fsp3) is 0.533. The van der Waals surface area contributed by atoms with Gasteiger partial charge in [0.05, 0.1) is 24.9 Å². The van der Waals surface area contributed by atoms with Crippen LogP contribution in [-0.2, 0) is 0 Å². The molecule has 0 unspecified atom stereocenters. The van der Waals surface area contributed by atoms with Crippen LogP contribution < -0.4 is 10.1 Å². The third-order valence-electron chi connectivity index (χ3n) is 3.77. The lowest BCUT2D eigenvalue weighted by atomic mass is 9.91. The first-order valence-corrected chi connectivity index (χ1v) is 6.92. The maximum atomic E-state index is 12.4. The number of rotatable bonds is 3. The monoisotopic (exact) mass is 273 g/mol. The van der Waals surface area contributed by atoms with Gasteiger partial charge in [0.2, 0.25) is 0 Å². The van der Waals surface area contributed by atoms with E-state index in [1.807, 2.05) is 0 Å². The third-order valence-corrected chi connectivity index (χ3v) is 3.77. The highest BCUT2D eigenvalue weighted by Crippen LogP contribution is 2.27. The first-order valence-electron chi connectivity index (χ1n) is 6.92. The van der Waals surface area contributed by atoms with Crippen LogP contribution in [0.2, 0.25) is 0 Å². The summed E-state index contributed by atoms with van der Waals surface area (Å²) in [6.45, 7) is 0. The third kappa shape index (κ3) is 3.08. The summed E-state index contributed by atoms with van der Waals surface area (Å²) < 4.78 is 5.14. The van der Waals surface area contributed by atoms with E-state index >= 15 is 0 Å².